The summed E-state index contributed by atoms with van der Waals surface area (Å²) in [6.07, 6.45) is -0.781. The van der Waals surface area contributed by atoms with Crippen molar-refractivity contribution in [3.8, 4) is 0 Å². The maximum absolute atomic E-state index is 13.1. The minimum Gasteiger partial charge on any atom is -0.316 e. The van der Waals surface area contributed by atoms with Gasteiger partial charge in [0.25, 0.3) is 0 Å². The largest absolute Gasteiger partial charge is 0.392 e. The molecule has 5 heteroatoms. The first-order valence-corrected chi connectivity index (χ1v) is 7.71. The van der Waals surface area contributed by atoms with Gasteiger partial charge in [0, 0.05) is 6.04 Å². The Balaban J connectivity index is 2.10. The van der Waals surface area contributed by atoms with Crippen molar-refractivity contribution in [1.82, 2.24) is 5.32 Å². The van der Waals surface area contributed by atoms with Gasteiger partial charge in [0.2, 0.25) is 0 Å². The van der Waals surface area contributed by atoms with Crippen molar-refractivity contribution >= 4 is 11.3 Å². The molecule has 1 nitrogen and oxygen atoms in total. The summed E-state index contributed by atoms with van der Waals surface area (Å²) in [6.45, 7) is 0. The van der Waals surface area contributed by atoms with Gasteiger partial charge in [-0.2, -0.15) is 24.5 Å². The smallest absolute Gasteiger partial charge is 0.316 e. The minimum atomic E-state index is -4.06. The maximum Gasteiger partial charge on any atom is 0.392 e. The predicted molar refractivity (Wildman–Crippen MR) is 72.4 cm³/mol. The molecule has 3 atom stereocenters. The molecule has 0 spiro atoms. The van der Waals surface area contributed by atoms with E-state index < -0.39 is 12.1 Å². The molecule has 1 aliphatic rings. The van der Waals surface area contributed by atoms with Crippen molar-refractivity contribution < 1.29 is 13.2 Å². The van der Waals surface area contributed by atoms with E-state index in [4.69, 9.17) is 0 Å². The molecule has 1 N–H and O–H groups in total. The van der Waals surface area contributed by atoms with E-state index in [-0.39, 0.29) is 18.4 Å². The van der Waals surface area contributed by atoms with E-state index in [0.717, 1.165) is 12.0 Å². The molecule has 2 rings (SSSR count). The van der Waals surface area contributed by atoms with Gasteiger partial charge in [-0.05, 0) is 54.6 Å². The van der Waals surface area contributed by atoms with Crippen LogP contribution in [-0.4, -0.2) is 19.3 Å². The topological polar surface area (TPSA) is 12.0 Å². The van der Waals surface area contributed by atoms with Crippen LogP contribution in [0.25, 0.3) is 0 Å². The van der Waals surface area contributed by atoms with Crippen molar-refractivity contribution in [2.75, 3.05) is 7.05 Å². The Morgan fingerprint density at radius 3 is 2.68 bits per heavy atom. The maximum atomic E-state index is 13.1. The first kappa shape index (κ1) is 14.9. The summed E-state index contributed by atoms with van der Waals surface area (Å²) in [6, 6.07) is 1.92. The zero-order chi connectivity index (χ0) is 13.9. The Bertz CT molecular complexity index is 375. The van der Waals surface area contributed by atoms with Crippen LogP contribution in [0.2, 0.25) is 0 Å². The highest BCUT2D eigenvalue weighted by atomic mass is 32.1. The van der Waals surface area contributed by atoms with Crippen LogP contribution in [0.5, 0.6) is 0 Å². The van der Waals surface area contributed by atoms with Crippen LogP contribution in [0.15, 0.2) is 16.8 Å². The highest BCUT2D eigenvalue weighted by Crippen LogP contribution is 2.43. The van der Waals surface area contributed by atoms with Crippen LogP contribution in [0.4, 0.5) is 13.2 Å². The van der Waals surface area contributed by atoms with Gasteiger partial charge in [0.15, 0.2) is 0 Å². The second-order valence-corrected chi connectivity index (χ2v) is 6.11. The molecule has 1 fully saturated rings. The van der Waals surface area contributed by atoms with Crippen LogP contribution in [0, 0.1) is 11.8 Å². The van der Waals surface area contributed by atoms with Crippen molar-refractivity contribution in [1.29, 1.82) is 0 Å². The standard InChI is InChI=1S/C14H20F3NS/c1-18-13(8-10-6-7-19-9-10)11-4-2-3-5-12(11)14(15,16)17/h6-7,9,11-13,18H,2-5,8H2,1H3. The van der Waals surface area contributed by atoms with E-state index in [1.54, 1.807) is 18.4 Å². The third kappa shape index (κ3) is 3.72. The van der Waals surface area contributed by atoms with Crippen LogP contribution < -0.4 is 5.32 Å². The molecule has 1 aromatic heterocycles. The monoisotopic (exact) mass is 291 g/mol. The summed E-state index contributed by atoms with van der Waals surface area (Å²) in [5, 5.41) is 7.12. The summed E-state index contributed by atoms with van der Waals surface area (Å²) in [4.78, 5) is 0. The predicted octanol–water partition coefficient (Wildman–Crippen LogP) is 4.25. The van der Waals surface area contributed by atoms with Gasteiger partial charge < -0.3 is 5.32 Å². The molecule has 0 bridgehead atoms. The molecule has 0 saturated heterocycles. The fourth-order valence-corrected chi connectivity index (χ4v) is 3.86. The van der Waals surface area contributed by atoms with Gasteiger partial charge in [0.1, 0.15) is 0 Å². The van der Waals surface area contributed by atoms with Crippen molar-refractivity contribution in [3.63, 3.8) is 0 Å². The Morgan fingerprint density at radius 2 is 2.11 bits per heavy atom. The lowest BCUT2D eigenvalue weighted by molar-refractivity contribution is -0.199. The number of likely N-dealkylation sites (N-methyl/N-ethyl adjacent to an activating group) is 1. The van der Waals surface area contributed by atoms with Gasteiger partial charge in [-0.25, -0.2) is 0 Å². The van der Waals surface area contributed by atoms with Gasteiger partial charge in [-0.1, -0.05) is 12.8 Å². The molecule has 1 aromatic rings. The van der Waals surface area contributed by atoms with E-state index in [1.807, 2.05) is 16.8 Å². The van der Waals surface area contributed by atoms with E-state index in [9.17, 15) is 13.2 Å². The number of nitrogens with one attached hydrogen (secondary N) is 1. The molecule has 19 heavy (non-hydrogen) atoms. The molecule has 1 heterocycles. The quantitative estimate of drug-likeness (QED) is 0.874. The third-order valence-electron chi connectivity index (χ3n) is 4.16. The summed E-state index contributed by atoms with van der Waals surface area (Å²) >= 11 is 1.60. The van der Waals surface area contributed by atoms with Crippen molar-refractivity contribution in [2.24, 2.45) is 11.8 Å². The van der Waals surface area contributed by atoms with Crippen LogP contribution in [0.3, 0.4) is 0 Å². The number of thiophene rings is 1. The zero-order valence-corrected chi connectivity index (χ0v) is 11.9. The number of rotatable bonds is 4. The van der Waals surface area contributed by atoms with Crippen molar-refractivity contribution in [2.45, 2.75) is 44.3 Å². The molecular weight excluding hydrogens is 271 g/mol. The van der Waals surface area contributed by atoms with Gasteiger partial charge in [0.05, 0.1) is 5.92 Å². The average molecular weight is 291 g/mol. The van der Waals surface area contributed by atoms with Crippen LogP contribution in [0.1, 0.15) is 31.2 Å². The second kappa shape index (κ2) is 6.27. The van der Waals surface area contributed by atoms with Crippen molar-refractivity contribution in [3.05, 3.63) is 22.4 Å². The molecule has 1 saturated carbocycles. The summed E-state index contributed by atoms with van der Waals surface area (Å²) in [5.74, 6) is -1.43. The first-order valence-electron chi connectivity index (χ1n) is 6.77. The number of hydrogen-bond acceptors (Lipinski definition) is 2. The minimum absolute atomic E-state index is 0.0819. The highest BCUT2D eigenvalue weighted by Gasteiger charge is 2.47. The summed E-state index contributed by atoms with van der Waals surface area (Å²) < 4.78 is 39.4. The fraction of sp³-hybridized carbons (Fsp3) is 0.714. The third-order valence-corrected chi connectivity index (χ3v) is 4.90. The lowest BCUT2D eigenvalue weighted by atomic mass is 9.73. The van der Waals surface area contributed by atoms with Gasteiger partial charge >= 0.3 is 6.18 Å². The number of hydrogen-bond donors (Lipinski definition) is 1. The number of halogens is 3. The van der Waals surface area contributed by atoms with Crippen LogP contribution in [-0.2, 0) is 6.42 Å². The van der Waals surface area contributed by atoms with Crippen LogP contribution >= 0.6 is 11.3 Å². The normalized spacial score (nSPS) is 26.3. The SMILES string of the molecule is CNC(Cc1ccsc1)C1CCCCC1C(F)(F)F. The lowest BCUT2D eigenvalue weighted by Gasteiger charge is -2.38. The molecular formula is C14H20F3NS. The average Bonchev–Trinajstić information content (AvgIpc) is 2.88. The highest BCUT2D eigenvalue weighted by molar-refractivity contribution is 7.07. The molecule has 0 aliphatic heterocycles. The Kier molecular flexibility index (Phi) is 4.90. The Labute approximate surface area is 116 Å². The molecule has 1 aliphatic carbocycles. The number of alkyl halides is 3. The van der Waals surface area contributed by atoms with Gasteiger partial charge in [-0.15, -0.1) is 0 Å². The van der Waals surface area contributed by atoms with E-state index >= 15 is 0 Å². The molecule has 3 unspecified atom stereocenters. The van der Waals surface area contributed by atoms with Gasteiger partial charge in [-0.3, -0.25) is 0 Å². The molecule has 108 valence electrons. The molecule has 0 amide bonds. The van der Waals surface area contributed by atoms with E-state index in [1.165, 1.54) is 0 Å². The summed E-state index contributed by atoms with van der Waals surface area (Å²) in [5.41, 5.74) is 1.14. The second-order valence-electron chi connectivity index (χ2n) is 5.33. The summed E-state index contributed by atoms with van der Waals surface area (Å²) in [7, 11) is 1.78. The fourth-order valence-electron chi connectivity index (χ4n) is 3.18. The first-order chi connectivity index (χ1) is 9.02. The van der Waals surface area contributed by atoms with E-state index in [2.05, 4.69) is 5.32 Å². The molecule has 0 aromatic carbocycles. The lowest BCUT2D eigenvalue weighted by Crippen LogP contribution is -2.45. The molecule has 0 radical (unpaired) electrons. The Hall–Kier alpha value is -0.550. The Morgan fingerprint density at radius 1 is 1.37 bits per heavy atom. The van der Waals surface area contributed by atoms with E-state index in [0.29, 0.717) is 19.3 Å². The zero-order valence-electron chi connectivity index (χ0n) is 11.0.